The summed E-state index contributed by atoms with van der Waals surface area (Å²) in [5, 5.41) is 17.1. The van der Waals surface area contributed by atoms with Gasteiger partial charge in [-0.3, -0.25) is 19.7 Å². The third-order valence-corrected chi connectivity index (χ3v) is 10.8. The summed E-state index contributed by atoms with van der Waals surface area (Å²) in [4.78, 5) is 74.8. The Morgan fingerprint density at radius 1 is 0.933 bits per heavy atom. The van der Waals surface area contributed by atoms with Crippen LogP contribution in [0.1, 0.15) is 81.1 Å². The van der Waals surface area contributed by atoms with Crippen molar-refractivity contribution >= 4 is 47.5 Å². The number of methoxy groups -OCH3 is 3. The van der Waals surface area contributed by atoms with E-state index in [-0.39, 0.29) is 44.5 Å². The van der Waals surface area contributed by atoms with Crippen molar-refractivity contribution in [3.63, 3.8) is 0 Å². The lowest BCUT2D eigenvalue weighted by molar-refractivity contribution is -0.181. The van der Waals surface area contributed by atoms with Crippen molar-refractivity contribution in [2.45, 2.75) is 134 Å². The summed E-state index contributed by atoms with van der Waals surface area (Å²) in [5.41, 5.74) is -0.724. The Morgan fingerprint density at radius 3 is 2.10 bits per heavy atom. The molecule has 2 aliphatic heterocycles. The van der Waals surface area contributed by atoms with Crippen LogP contribution >= 0.6 is 11.6 Å². The number of alkyl carbamates (subject to hydrolysis) is 1. The largest absolute Gasteiger partial charge is 0.444 e. The van der Waals surface area contributed by atoms with Crippen molar-refractivity contribution < 1.29 is 62.2 Å². The van der Waals surface area contributed by atoms with E-state index in [1.165, 1.54) is 26.2 Å². The molecule has 19 nitrogen and oxygen atoms in total. The Labute approximate surface area is 358 Å². The van der Waals surface area contributed by atoms with Gasteiger partial charge in [-0.25, -0.2) is 9.59 Å². The van der Waals surface area contributed by atoms with E-state index in [2.05, 4.69) is 20.9 Å². The van der Waals surface area contributed by atoms with Crippen LogP contribution in [-0.2, 0) is 47.5 Å². The number of alkyl halides is 1. The highest BCUT2D eigenvalue weighted by Gasteiger charge is 2.54. The SMILES string of the molecule is COCO[C@H]1C[C@H]2C[C@@H](C(=O)NCCC3=CCN(/C(=N\C(=O)OC(C)(C)C)NC(=O)OC(C)(C)C)C3)N(C(=O)[C@H](NC(=O)[C@@H](CO)OC)[C@H](Cl)C(C)C)[C@H]2C[C@@H]1OCOC. The molecule has 8 atom stereocenters. The number of nitrogens with one attached hydrogen (secondary N) is 3. The van der Waals surface area contributed by atoms with E-state index < -0.39 is 89.5 Å². The zero-order valence-electron chi connectivity index (χ0n) is 36.9. The first-order chi connectivity index (χ1) is 28.1. The Morgan fingerprint density at radius 2 is 1.55 bits per heavy atom. The normalized spacial score (nSPS) is 23.7. The van der Waals surface area contributed by atoms with Crippen molar-refractivity contribution in [2.75, 3.05) is 61.2 Å². The number of aliphatic hydroxyl groups is 1. The molecule has 60 heavy (non-hydrogen) atoms. The number of hydrogen-bond acceptors (Lipinski definition) is 13. The van der Waals surface area contributed by atoms with Gasteiger partial charge in [0.15, 0.2) is 6.10 Å². The average molecular weight is 875 g/mol. The van der Waals surface area contributed by atoms with E-state index >= 15 is 0 Å². The molecule has 2 fully saturated rings. The molecule has 3 rings (SSSR count). The van der Waals surface area contributed by atoms with Crippen LogP contribution < -0.4 is 16.0 Å². The van der Waals surface area contributed by atoms with Gasteiger partial charge in [-0.15, -0.1) is 16.6 Å². The third kappa shape index (κ3) is 15.1. The number of carbonyl (C=O) groups excluding carboxylic acids is 5. The number of rotatable bonds is 17. The number of ether oxygens (including phenoxy) is 7. The molecule has 0 radical (unpaired) electrons. The number of aliphatic imine (C=N–C) groups is 1. The number of hydrogen-bond donors (Lipinski definition) is 4. The van der Waals surface area contributed by atoms with Crippen molar-refractivity contribution in [3.05, 3.63) is 11.6 Å². The number of amides is 5. The molecule has 0 aromatic heterocycles. The van der Waals surface area contributed by atoms with E-state index in [4.69, 9.17) is 44.8 Å². The van der Waals surface area contributed by atoms with Crippen molar-refractivity contribution in [1.82, 2.24) is 25.8 Å². The van der Waals surface area contributed by atoms with Gasteiger partial charge in [-0.2, -0.15) is 0 Å². The summed E-state index contributed by atoms with van der Waals surface area (Å²) in [6, 6.07) is -2.70. The maximum atomic E-state index is 14.8. The van der Waals surface area contributed by atoms with Gasteiger partial charge in [-0.1, -0.05) is 25.5 Å². The molecular formula is C40H67ClN6O13. The molecule has 0 spiro atoms. The molecule has 342 valence electrons. The molecule has 1 aliphatic carbocycles. The molecular weight excluding hydrogens is 808 g/mol. The number of likely N-dealkylation sites (tertiary alicyclic amines) is 1. The molecule has 2 heterocycles. The van der Waals surface area contributed by atoms with Gasteiger partial charge in [0.25, 0.3) is 5.91 Å². The van der Waals surface area contributed by atoms with E-state index in [0.717, 1.165) is 5.57 Å². The number of aliphatic hydroxyl groups excluding tert-OH is 1. The molecule has 0 aromatic carbocycles. The maximum Gasteiger partial charge on any atom is 0.437 e. The van der Waals surface area contributed by atoms with Crippen molar-refractivity contribution in [1.29, 1.82) is 0 Å². The quantitative estimate of drug-likeness (QED) is 0.0543. The minimum absolute atomic E-state index is 0.0160. The van der Waals surface area contributed by atoms with E-state index in [1.807, 2.05) is 19.9 Å². The Kier molecular flexibility index (Phi) is 19.5. The highest BCUT2D eigenvalue weighted by Crippen LogP contribution is 2.42. The standard InChI is InChI=1S/C40H67ClN6O13/c1-23(2)31(41)32(43-34(50)30(20-48)56-11)35(51)47-26-18-29(58-22-55-10)28(57-21-54-9)17-25(26)16-27(47)33(49)42-14-12-24-13-15-46(19-24)36(44-37(52)59-39(3,4)5)45-38(53)60-40(6,7)8/h13,23,25-32,48H,12,14-22H2,1-11H3,(H,42,49)(H,43,50)(H,44,45,52,53)/t25-,26+,27+,28+,29+,30-,31-,32-/m1/s1. The second kappa shape index (κ2) is 23.0. The number of fused-ring (bicyclic) bond motifs is 1. The minimum atomic E-state index is -1.27. The fraction of sp³-hybridized carbons (Fsp3) is 0.800. The predicted molar refractivity (Wildman–Crippen MR) is 220 cm³/mol. The minimum Gasteiger partial charge on any atom is -0.444 e. The summed E-state index contributed by atoms with van der Waals surface area (Å²) < 4.78 is 38.3. The average Bonchev–Trinajstić information content (AvgIpc) is 3.78. The number of halogens is 1. The molecule has 5 amide bonds. The summed E-state index contributed by atoms with van der Waals surface area (Å²) in [6.45, 7) is 14.0. The zero-order valence-corrected chi connectivity index (χ0v) is 37.7. The van der Waals surface area contributed by atoms with Gasteiger partial charge in [0.05, 0.1) is 24.2 Å². The lowest BCUT2D eigenvalue weighted by Crippen LogP contribution is -2.61. The first kappa shape index (κ1) is 50.8. The van der Waals surface area contributed by atoms with E-state index in [0.29, 0.717) is 32.2 Å². The lowest BCUT2D eigenvalue weighted by atomic mass is 9.81. The smallest absolute Gasteiger partial charge is 0.437 e. The van der Waals surface area contributed by atoms with Crippen molar-refractivity contribution in [3.8, 4) is 0 Å². The molecule has 0 bridgehead atoms. The molecule has 20 heteroatoms. The van der Waals surface area contributed by atoms with Crippen LogP contribution in [0.3, 0.4) is 0 Å². The number of carbonyl (C=O) groups is 5. The second-order valence-corrected chi connectivity index (χ2v) is 17.9. The Bertz CT molecular complexity index is 1530. The third-order valence-electron chi connectivity index (χ3n) is 10.0. The second-order valence-electron chi connectivity index (χ2n) is 17.4. The first-order valence-electron chi connectivity index (χ1n) is 20.3. The van der Waals surface area contributed by atoms with Crippen LogP contribution in [0.15, 0.2) is 16.6 Å². The topological polar surface area (TPSA) is 225 Å². The molecule has 3 aliphatic rings. The van der Waals surface area contributed by atoms with E-state index in [1.54, 1.807) is 46.4 Å². The fourth-order valence-corrected chi connectivity index (χ4v) is 7.50. The number of nitrogens with zero attached hydrogens (tertiary/aromatic N) is 3. The summed E-state index contributed by atoms with van der Waals surface area (Å²) in [6.07, 6.45) is -0.482. The van der Waals surface area contributed by atoms with E-state index in [9.17, 15) is 29.1 Å². The van der Waals surface area contributed by atoms with Crippen molar-refractivity contribution in [2.24, 2.45) is 16.8 Å². The highest BCUT2D eigenvalue weighted by molar-refractivity contribution is 6.23. The van der Waals surface area contributed by atoms with Gasteiger partial charge in [0.2, 0.25) is 17.8 Å². The lowest BCUT2D eigenvalue weighted by Gasteiger charge is -2.42. The fourth-order valence-electron chi connectivity index (χ4n) is 7.32. The van der Waals surface area contributed by atoms with Crippen LogP contribution in [0, 0.1) is 11.8 Å². The predicted octanol–water partition coefficient (Wildman–Crippen LogP) is 2.66. The van der Waals surface area contributed by atoms with Crippen LogP contribution in [-0.4, -0.2) is 165 Å². The zero-order chi connectivity index (χ0) is 44.9. The molecule has 0 unspecified atom stereocenters. The van der Waals surface area contributed by atoms with Crippen LogP contribution in [0.25, 0.3) is 0 Å². The Balaban J connectivity index is 1.84. The van der Waals surface area contributed by atoms with Crippen LogP contribution in [0.5, 0.6) is 0 Å². The summed E-state index contributed by atoms with van der Waals surface area (Å²) in [7, 11) is 4.28. The van der Waals surface area contributed by atoms with Crippen LogP contribution in [0.2, 0.25) is 0 Å². The maximum absolute atomic E-state index is 14.8. The monoisotopic (exact) mass is 874 g/mol. The van der Waals surface area contributed by atoms with Gasteiger partial charge in [0.1, 0.15) is 36.9 Å². The molecule has 4 N–H and O–H groups in total. The molecule has 1 saturated carbocycles. The summed E-state index contributed by atoms with van der Waals surface area (Å²) >= 11 is 6.86. The first-order valence-corrected chi connectivity index (χ1v) is 20.7. The van der Waals surface area contributed by atoms with Crippen LogP contribution in [0.4, 0.5) is 9.59 Å². The van der Waals surface area contributed by atoms with Gasteiger partial charge >= 0.3 is 12.2 Å². The number of guanidine groups is 1. The van der Waals surface area contributed by atoms with Gasteiger partial charge in [-0.05, 0) is 79.1 Å². The molecule has 1 saturated heterocycles. The highest BCUT2D eigenvalue weighted by atomic mass is 35.5. The van der Waals surface area contributed by atoms with Gasteiger partial charge in [0, 0.05) is 47.0 Å². The Hall–Kier alpha value is -3.59. The molecule has 0 aromatic rings. The summed E-state index contributed by atoms with van der Waals surface area (Å²) in [5.74, 6) is -2.18. The van der Waals surface area contributed by atoms with Gasteiger partial charge < -0.3 is 58.7 Å².